The van der Waals surface area contributed by atoms with E-state index in [0.717, 1.165) is 4.90 Å². The fraction of sp³-hybridized carbons (Fsp3) is 0.778. The van der Waals surface area contributed by atoms with Gasteiger partial charge in [0.25, 0.3) is 11.8 Å². The number of aliphatic hydroxyl groups excluding tert-OH is 1. The highest BCUT2D eigenvalue weighted by molar-refractivity contribution is 6.02. The van der Waals surface area contributed by atoms with E-state index in [2.05, 4.69) is 0 Å². The van der Waals surface area contributed by atoms with E-state index in [9.17, 15) is 9.59 Å². The fourth-order valence-corrected chi connectivity index (χ4v) is 1.94. The summed E-state index contributed by atoms with van der Waals surface area (Å²) < 4.78 is 5.22. The Kier molecular flexibility index (Phi) is 2.28. The number of aliphatic hydroxyl groups is 1. The van der Waals surface area contributed by atoms with Crippen LogP contribution in [0.25, 0.3) is 0 Å². The number of hydrogen-bond acceptors (Lipinski definition) is 4. The Labute approximate surface area is 81.6 Å². The van der Waals surface area contributed by atoms with Crippen LogP contribution in [-0.2, 0) is 14.3 Å². The third kappa shape index (κ3) is 1.24. The SMILES string of the molecule is C[C@@H](CO)N1C(=O)C2CCC(O2)C1=O. The minimum absolute atomic E-state index is 0.198. The summed E-state index contributed by atoms with van der Waals surface area (Å²) in [6.45, 7) is 1.46. The van der Waals surface area contributed by atoms with Crippen LogP contribution in [0.1, 0.15) is 19.8 Å². The first-order valence-corrected chi connectivity index (χ1v) is 4.78. The molecule has 2 saturated heterocycles. The van der Waals surface area contributed by atoms with Crippen molar-refractivity contribution in [1.82, 2.24) is 4.90 Å². The van der Waals surface area contributed by atoms with Crippen molar-refractivity contribution < 1.29 is 19.4 Å². The lowest BCUT2D eigenvalue weighted by atomic mass is 10.2. The van der Waals surface area contributed by atoms with Crippen LogP contribution in [0.4, 0.5) is 0 Å². The van der Waals surface area contributed by atoms with E-state index >= 15 is 0 Å². The van der Waals surface area contributed by atoms with Crippen molar-refractivity contribution in [2.75, 3.05) is 6.61 Å². The number of nitrogens with zero attached hydrogens (tertiary/aromatic N) is 1. The van der Waals surface area contributed by atoms with Crippen LogP contribution in [0.15, 0.2) is 0 Å². The van der Waals surface area contributed by atoms with E-state index < -0.39 is 18.2 Å². The second-order valence-electron chi connectivity index (χ2n) is 3.77. The lowest BCUT2D eigenvalue weighted by Gasteiger charge is -2.33. The number of likely N-dealkylation sites (tertiary alicyclic amines) is 1. The van der Waals surface area contributed by atoms with Crippen LogP contribution >= 0.6 is 0 Å². The Morgan fingerprint density at radius 2 is 1.93 bits per heavy atom. The lowest BCUT2D eigenvalue weighted by Crippen LogP contribution is -2.56. The summed E-state index contributed by atoms with van der Waals surface area (Å²) in [5.74, 6) is -0.601. The van der Waals surface area contributed by atoms with Gasteiger partial charge in [0.15, 0.2) is 0 Å². The molecular weight excluding hydrogens is 186 g/mol. The van der Waals surface area contributed by atoms with Crippen molar-refractivity contribution in [3.8, 4) is 0 Å². The number of morpholine rings is 1. The van der Waals surface area contributed by atoms with Crippen LogP contribution < -0.4 is 0 Å². The Morgan fingerprint density at radius 1 is 1.43 bits per heavy atom. The lowest BCUT2D eigenvalue weighted by molar-refractivity contribution is -0.172. The Morgan fingerprint density at radius 3 is 2.36 bits per heavy atom. The molecule has 2 aliphatic rings. The highest BCUT2D eigenvalue weighted by Gasteiger charge is 2.47. The summed E-state index contributed by atoms with van der Waals surface area (Å²) in [6, 6.07) is -0.443. The van der Waals surface area contributed by atoms with Crippen molar-refractivity contribution in [3.63, 3.8) is 0 Å². The standard InChI is InChI=1S/C9H13NO4/c1-5(4-11)10-8(12)6-2-3-7(14-6)9(10)13/h5-7,11H,2-4H2,1H3/t5-,6?,7?/m0/s1. The first kappa shape index (κ1) is 9.61. The van der Waals surface area contributed by atoms with E-state index in [4.69, 9.17) is 9.84 Å². The zero-order valence-corrected chi connectivity index (χ0v) is 7.97. The van der Waals surface area contributed by atoms with E-state index in [1.807, 2.05) is 0 Å². The van der Waals surface area contributed by atoms with Gasteiger partial charge in [0, 0.05) is 0 Å². The molecule has 0 aromatic heterocycles. The van der Waals surface area contributed by atoms with Crippen molar-refractivity contribution in [2.24, 2.45) is 0 Å². The number of rotatable bonds is 2. The Balaban J connectivity index is 2.23. The van der Waals surface area contributed by atoms with Crippen molar-refractivity contribution >= 4 is 11.8 Å². The number of fused-ring (bicyclic) bond motifs is 2. The largest absolute Gasteiger partial charge is 0.394 e. The van der Waals surface area contributed by atoms with Crippen molar-refractivity contribution in [3.05, 3.63) is 0 Å². The summed E-state index contributed by atoms with van der Waals surface area (Å²) in [5, 5.41) is 8.93. The van der Waals surface area contributed by atoms with Gasteiger partial charge < -0.3 is 9.84 Å². The second-order valence-corrected chi connectivity index (χ2v) is 3.77. The molecule has 5 nitrogen and oxygen atoms in total. The maximum atomic E-state index is 11.7. The molecule has 0 saturated carbocycles. The Bertz CT molecular complexity index is 256. The minimum Gasteiger partial charge on any atom is -0.394 e. The molecule has 2 rings (SSSR count). The van der Waals surface area contributed by atoms with Gasteiger partial charge in [0.05, 0.1) is 12.6 Å². The van der Waals surface area contributed by atoms with Gasteiger partial charge in [-0.2, -0.15) is 0 Å². The van der Waals surface area contributed by atoms with E-state index in [-0.39, 0.29) is 18.4 Å². The Hall–Kier alpha value is -0.940. The maximum absolute atomic E-state index is 11.7. The molecule has 2 aliphatic heterocycles. The van der Waals surface area contributed by atoms with Gasteiger partial charge in [-0.25, -0.2) is 0 Å². The molecule has 2 bridgehead atoms. The maximum Gasteiger partial charge on any atom is 0.258 e. The molecule has 2 fully saturated rings. The highest BCUT2D eigenvalue weighted by atomic mass is 16.5. The van der Waals surface area contributed by atoms with Crippen LogP contribution in [-0.4, -0.2) is 46.7 Å². The van der Waals surface area contributed by atoms with Gasteiger partial charge in [-0.1, -0.05) is 0 Å². The summed E-state index contributed by atoms with van der Waals surface area (Å²) in [5.41, 5.74) is 0. The number of carbonyl (C=O) groups is 2. The third-order valence-corrected chi connectivity index (χ3v) is 2.75. The molecule has 0 aromatic carbocycles. The van der Waals surface area contributed by atoms with Crippen LogP contribution in [0.5, 0.6) is 0 Å². The summed E-state index contributed by atoms with van der Waals surface area (Å²) >= 11 is 0. The molecule has 2 heterocycles. The highest BCUT2D eigenvalue weighted by Crippen LogP contribution is 2.29. The molecule has 1 N–H and O–H groups in total. The molecule has 78 valence electrons. The molecule has 0 aliphatic carbocycles. The van der Waals surface area contributed by atoms with E-state index in [1.54, 1.807) is 6.92 Å². The number of carbonyl (C=O) groups excluding carboxylic acids is 2. The molecule has 0 radical (unpaired) electrons. The molecule has 0 aromatic rings. The van der Waals surface area contributed by atoms with Crippen LogP contribution in [0, 0.1) is 0 Å². The van der Waals surface area contributed by atoms with E-state index in [1.165, 1.54) is 0 Å². The number of ether oxygens (including phenoxy) is 1. The van der Waals surface area contributed by atoms with Gasteiger partial charge in [-0.3, -0.25) is 14.5 Å². The quantitative estimate of drug-likeness (QED) is 0.596. The molecule has 2 amide bonds. The topological polar surface area (TPSA) is 66.8 Å². The summed E-state index contributed by atoms with van der Waals surface area (Å²) in [7, 11) is 0. The summed E-state index contributed by atoms with van der Waals surface area (Å²) in [6.07, 6.45) is 0.298. The van der Waals surface area contributed by atoms with Crippen LogP contribution in [0.3, 0.4) is 0 Å². The van der Waals surface area contributed by atoms with Gasteiger partial charge in [0.2, 0.25) is 0 Å². The molecule has 2 unspecified atom stereocenters. The molecule has 14 heavy (non-hydrogen) atoms. The first-order chi connectivity index (χ1) is 6.65. The number of imide groups is 1. The molecule has 0 spiro atoms. The average molecular weight is 199 g/mol. The van der Waals surface area contributed by atoms with Crippen molar-refractivity contribution in [2.45, 2.75) is 38.0 Å². The van der Waals surface area contributed by atoms with Gasteiger partial charge in [0.1, 0.15) is 12.2 Å². The summed E-state index contributed by atoms with van der Waals surface area (Å²) in [4.78, 5) is 24.5. The third-order valence-electron chi connectivity index (χ3n) is 2.75. The zero-order chi connectivity index (χ0) is 10.3. The molecule has 3 atom stereocenters. The zero-order valence-electron chi connectivity index (χ0n) is 7.97. The number of hydrogen-bond donors (Lipinski definition) is 1. The predicted molar refractivity (Wildman–Crippen MR) is 46.3 cm³/mol. The normalized spacial score (nSPS) is 33.7. The van der Waals surface area contributed by atoms with Gasteiger partial charge >= 0.3 is 0 Å². The fourth-order valence-electron chi connectivity index (χ4n) is 1.94. The monoisotopic (exact) mass is 199 g/mol. The van der Waals surface area contributed by atoms with Crippen LogP contribution in [0.2, 0.25) is 0 Å². The van der Waals surface area contributed by atoms with E-state index in [0.29, 0.717) is 12.8 Å². The molecule has 5 heteroatoms. The number of amides is 2. The molecular formula is C9H13NO4. The average Bonchev–Trinajstić information content (AvgIpc) is 2.61. The second kappa shape index (κ2) is 3.33. The first-order valence-electron chi connectivity index (χ1n) is 4.78. The predicted octanol–water partition coefficient (Wildman–Crippen LogP) is -0.716. The smallest absolute Gasteiger partial charge is 0.258 e. The minimum atomic E-state index is -0.466. The van der Waals surface area contributed by atoms with Crippen molar-refractivity contribution in [1.29, 1.82) is 0 Å². The van der Waals surface area contributed by atoms with Gasteiger partial charge in [-0.15, -0.1) is 0 Å². The van der Waals surface area contributed by atoms with Gasteiger partial charge in [-0.05, 0) is 19.8 Å².